The fourth-order valence-electron chi connectivity index (χ4n) is 3.30. The summed E-state index contributed by atoms with van der Waals surface area (Å²) in [7, 11) is -3.29. The Morgan fingerprint density at radius 2 is 1.88 bits per heavy atom. The van der Waals surface area contributed by atoms with Gasteiger partial charge in [0.25, 0.3) is 0 Å². The van der Waals surface area contributed by atoms with Crippen molar-refractivity contribution < 1.29 is 13.2 Å². The van der Waals surface area contributed by atoms with Crippen LogP contribution in [0.3, 0.4) is 0 Å². The number of benzene rings is 1. The number of sulfone groups is 1. The molecule has 0 aliphatic rings. The van der Waals surface area contributed by atoms with Crippen LogP contribution in [0.4, 0.5) is 0 Å². The van der Waals surface area contributed by atoms with Gasteiger partial charge in [-0.25, -0.2) is 13.1 Å². The normalized spacial score (nSPS) is 11.6. The maximum Gasteiger partial charge on any atom is 0.244 e. The van der Waals surface area contributed by atoms with Crippen molar-refractivity contribution in [3.05, 3.63) is 96.7 Å². The van der Waals surface area contributed by atoms with Gasteiger partial charge in [0, 0.05) is 66.9 Å². The second kappa shape index (κ2) is 10.2. The van der Waals surface area contributed by atoms with E-state index in [2.05, 4.69) is 20.4 Å². The van der Waals surface area contributed by atoms with Crippen LogP contribution in [-0.4, -0.2) is 46.9 Å². The van der Waals surface area contributed by atoms with Gasteiger partial charge >= 0.3 is 0 Å². The second-order valence-corrected chi connectivity index (χ2v) is 9.60. The summed E-state index contributed by atoms with van der Waals surface area (Å²) in [4.78, 5) is 21.0. The monoisotopic (exact) mass is 473 g/mol. The molecule has 0 bridgehead atoms. The number of hydrogen-bond acceptors (Lipinski definition) is 6. The van der Waals surface area contributed by atoms with Gasteiger partial charge in [0.15, 0.2) is 9.84 Å². The SMILES string of the molecule is CS(=O)(=O)c1ccc(-n2cc(/C=C/C(=O)NCCc3ccccn3)c(-c3cccnc3)n2)cc1. The molecule has 3 heterocycles. The van der Waals surface area contributed by atoms with Gasteiger partial charge in [-0.1, -0.05) is 6.07 Å². The molecule has 3 aromatic heterocycles. The first-order valence-electron chi connectivity index (χ1n) is 10.6. The first-order valence-corrected chi connectivity index (χ1v) is 12.5. The van der Waals surface area contributed by atoms with E-state index < -0.39 is 9.84 Å². The number of carbonyl (C=O) groups excluding carboxylic acids is 1. The van der Waals surface area contributed by atoms with E-state index in [1.807, 2.05) is 30.3 Å². The molecule has 0 spiro atoms. The van der Waals surface area contributed by atoms with Crippen molar-refractivity contribution in [1.29, 1.82) is 0 Å². The molecule has 0 saturated carbocycles. The molecule has 0 aliphatic heterocycles. The highest BCUT2D eigenvalue weighted by Gasteiger charge is 2.12. The van der Waals surface area contributed by atoms with Crippen molar-refractivity contribution in [3.8, 4) is 16.9 Å². The zero-order valence-electron chi connectivity index (χ0n) is 18.5. The Labute approximate surface area is 197 Å². The summed E-state index contributed by atoms with van der Waals surface area (Å²) in [5.74, 6) is -0.224. The number of amides is 1. The van der Waals surface area contributed by atoms with E-state index in [4.69, 9.17) is 0 Å². The summed E-state index contributed by atoms with van der Waals surface area (Å²) in [6.07, 6.45) is 11.9. The van der Waals surface area contributed by atoms with Crippen LogP contribution in [0.25, 0.3) is 23.0 Å². The highest BCUT2D eigenvalue weighted by atomic mass is 32.2. The molecule has 1 amide bonds. The van der Waals surface area contributed by atoms with Crippen LogP contribution in [-0.2, 0) is 21.1 Å². The summed E-state index contributed by atoms with van der Waals surface area (Å²) < 4.78 is 25.1. The molecular formula is C25H23N5O3S. The molecule has 0 fully saturated rings. The minimum atomic E-state index is -3.29. The van der Waals surface area contributed by atoms with Gasteiger partial charge in [0.05, 0.1) is 10.6 Å². The minimum absolute atomic E-state index is 0.224. The Bertz CT molecular complexity index is 1400. The highest BCUT2D eigenvalue weighted by Crippen LogP contribution is 2.24. The maximum absolute atomic E-state index is 12.3. The summed E-state index contributed by atoms with van der Waals surface area (Å²) >= 11 is 0. The zero-order chi connectivity index (χ0) is 24.0. The largest absolute Gasteiger partial charge is 0.352 e. The predicted octanol–water partition coefficient (Wildman–Crippen LogP) is 3.10. The molecule has 4 rings (SSSR count). The summed E-state index contributed by atoms with van der Waals surface area (Å²) in [6, 6.07) is 15.8. The zero-order valence-corrected chi connectivity index (χ0v) is 19.3. The lowest BCUT2D eigenvalue weighted by molar-refractivity contribution is -0.116. The van der Waals surface area contributed by atoms with Crippen molar-refractivity contribution >= 4 is 21.8 Å². The quantitative estimate of drug-likeness (QED) is 0.394. The average Bonchev–Trinajstić information content (AvgIpc) is 3.28. The van der Waals surface area contributed by atoms with Gasteiger partial charge in [-0.2, -0.15) is 5.10 Å². The predicted molar refractivity (Wildman–Crippen MR) is 130 cm³/mol. The fourth-order valence-corrected chi connectivity index (χ4v) is 3.93. The molecule has 1 aromatic carbocycles. The number of rotatable bonds is 8. The van der Waals surface area contributed by atoms with Gasteiger partial charge in [-0.15, -0.1) is 0 Å². The molecule has 0 unspecified atom stereocenters. The molecule has 0 saturated heterocycles. The Morgan fingerprint density at radius 3 is 2.56 bits per heavy atom. The lowest BCUT2D eigenvalue weighted by Crippen LogP contribution is -2.23. The van der Waals surface area contributed by atoms with Gasteiger partial charge < -0.3 is 5.32 Å². The van der Waals surface area contributed by atoms with E-state index in [9.17, 15) is 13.2 Å². The van der Waals surface area contributed by atoms with Crippen LogP contribution in [0, 0.1) is 0 Å². The van der Waals surface area contributed by atoms with E-state index >= 15 is 0 Å². The van der Waals surface area contributed by atoms with E-state index in [1.54, 1.807) is 59.8 Å². The van der Waals surface area contributed by atoms with Crippen LogP contribution in [0.1, 0.15) is 11.3 Å². The average molecular weight is 474 g/mol. The standard InChI is InChI=1S/C25H23N5O3S/c1-34(32,33)23-10-8-22(9-11-23)30-18-20(25(29-30)19-5-4-14-26-17-19)7-12-24(31)28-16-13-21-6-2-3-15-27-21/h2-12,14-15,17-18H,13,16H2,1H3,(H,28,31)/b12-7+. The van der Waals surface area contributed by atoms with Crippen molar-refractivity contribution in [2.45, 2.75) is 11.3 Å². The molecule has 172 valence electrons. The third kappa shape index (κ3) is 5.81. The number of hydrogen-bond donors (Lipinski definition) is 1. The highest BCUT2D eigenvalue weighted by molar-refractivity contribution is 7.90. The van der Waals surface area contributed by atoms with Crippen molar-refractivity contribution in [1.82, 2.24) is 25.1 Å². The van der Waals surface area contributed by atoms with Crippen molar-refractivity contribution in [2.75, 3.05) is 12.8 Å². The van der Waals surface area contributed by atoms with E-state index in [1.165, 1.54) is 12.3 Å². The van der Waals surface area contributed by atoms with E-state index in [0.717, 1.165) is 16.8 Å². The van der Waals surface area contributed by atoms with E-state index in [-0.39, 0.29) is 10.8 Å². The van der Waals surface area contributed by atoms with Crippen LogP contribution in [0.2, 0.25) is 0 Å². The number of carbonyl (C=O) groups is 1. The number of nitrogens with zero attached hydrogens (tertiary/aromatic N) is 4. The van der Waals surface area contributed by atoms with Crippen molar-refractivity contribution in [2.24, 2.45) is 0 Å². The molecule has 0 aliphatic carbocycles. The van der Waals surface area contributed by atoms with Crippen molar-refractivity contribution in [3.63, 3.8) is 0 Å². The third-order valence-corrected chi connectivity index (χ3v) is 6.16. The lowest BCUT2D eigenvalue weighted by Gasteiger charge is -2.03. The molecule has 1 N–H and O–H groups in total. The van der Waals surface area contributed by atoms with E-state index in [0.29, 0.717) is 24.3 Å². The van der Waals surface area contributed by atoms with Crippen LogP contribution in [0.15, 0.2) is 90.4 Å². The summed E-state index contributed by atoms with van der Waals surface area (Å²) in [5, 5.41) is 7.52. The van der Waals surface area contributed by atoms with Gasteiger partial charge in [0.2, 0.25) is 5.91 Å². The molecule has 0 radical (unpaired) electrons. The number of aromatic nitrogens is 4. The summed E-state index contributed by atoms with van der Waals surface area (Å²) in [6.45, 7) is 0.474. The van der Waals surface area contributed by atoms with Gasteiger partial charge in [-0.05, 0) is 54.6 Å². The first-order chi connectivity index (χ1) is 16.4. The number of nitrogens with one attached hydrogen (secondary N) is 1. The molecule has 4 aromatic rings. The van der Waals surface area contributed by atoms with Crippen LogP contribution < -0.4 is 5.32 Å². The molecule has 8 nitrogen and oxygen atoms in total. The smallest absolute Gasteiger partial charge is 0.244 e. The Hall–Kier alpha value is -4.11. The molecular weight excluding hydrogens is 450 g/mol. The fraction of sp³-hybridized carbons (Fsp3) is 0.120. The Balaban J connectivity index is 1.54. The number of pyridine rings is 2. The van der Waals surface area contributed by atoms with Crippen LogP contribution >= 0.6 is 0 Å². The third-order valence-electron chi connectivity index (χ3n) is 5.03. The maximum atomic E-state index is 12.3. The lowest BCUT2D eigenvalue weighted by atomic mass is 10.1. The molecule has 34 heavy (non-hydrogen) atoms. The Kier molecular flexibility index (Phi) is 6.93. The molecule has 9 heteroatoms. The minimum Gasteiger partial charge on any atom is -0.352 e. The Morgan fingerprint density at radius 1 is 1.06 bits per heavy atom. The van der Waals surface area contributed by atoms with Gasteiger partial charge in [-0.3, -0.25) is 14.8 Å². The second-order valence-electron chi connectivity index (χ2n) is 7.58. The first kappa shape index (κ1) is 23.1. The molecule has 0 atom stereocenters. The summed E-state index contributed by atoms with van der Waals surface area (Å²) in [5.41, 5.74) is 3.77. The topological polar surface area (TPSA) is 107 Å². The van der Waals surface area contributed by atoms with Crippen LogP contribution in [0.5, 0.6) is 0 Å². The van der Waals surface area contributed by atoms with Gasteiger partial charge in [0.1, 0.15) is 5.69 Å².